The Kier molecular flexibility index (Phi) is 7.21. The van der Waals surface area contributed by atoms with Crippen molar-refractivity contribution in [1.29, 1.82) is 0 Å². The zero-order chi connectivity index (χ0) is 25.2. The largest absolute Gasteiger partial charge is 0.380 e. The van der Waals surface area contributed by atoms with Gasteiger partial charge in [-0.05, 0) is 55.5 Å². The van der Waals surface area contributed by atoms with E-state index in [-0.39, 0.29) is 18.0 Å². The topological polar surface area (TPSA) is 49.7 Å². The Morgan fingerprint density at radius 1 is 0.973 bits per heavy atom. The molecule has 1 N–H and O–H groups in total. The van der Waals surface area contributed by atoms with E-state index in [9.17, 15) is 4.79 Å². The number of benzene rings is 2. The van der Waals surface area contributed by atoms with E-state index < -0.39 is 0 Å². The van der Waals surface area contributed by atoms with Crippen molar-refractivity contribution in [3.05, 3.63) is 60.3 Å². The molecule has 2 aromatic carbocycles. The van der Waals surface area contributed by atoms with Gasteiger partial charge >= 0.3 is 0 Å². The lowest BCUT2D eigenvalue weighted by Crippen LogP contribution is -2.60. The van der Waals surface area contributed by atoms with E-state index in [1.54, 1.807) is 7.11 Å². The van der Waals surface area contributed by atoms with Gasteiger partial charge in [0.25, 0.3) is 0 Å². The van der Waals surface area contributed by atoms with Crippen molar-refractivity contribution in [2.24, 2.45) is 5.92 Å². The van der Waals surface area contributed by atoms with Crippen molar-refractivity contribution in [3.63, 3.8) is 0 Å². The summed E-state index contributed by atoms with van der Waals surface area (Å²) in [5.41, 5.74) is 5.08. The fourth-order valence-electron chi connectivity index (χ4n) is 6.94. The van der Waals surface area contributed by atoms with Crippen LogP contribution in [0.1, 0.15) is 44.1 Å². The number of piperazine rings is 1. The number of hydrogen-bond donors (Lipinski definition) is 1. The average molecular weight is 501 g/mol. The standard InChI is InChI=1S/C31H40N4O2/c1-37-22-35-17-16-25-28(12-7-13-29(25)35)33-18-20-34(21-19-33)30(31(36)24-9-3-2-4-10-24)27-15-14-23-8-5-6-11-26(23)32-27/h5-8,11-13,16-17,24,27,30,32H,2-4,9-10,14-15,18-22H2,1H3. The Morgan fingerprint density at radius 3 is 2.59 bits per heavy atom. The van der Waals surface area contributed by atoms with Gasteiger partial charge in [-0.15, -0.1) is 0 Å². The van der Waals surface area contributed by atoms with E-state index in [0.29, 0.717) is 12.5 Å². The number of methoxy groups -OCH3 is 1. The van der Waals surface area contributed by atoms with E-state index in [1.807, 2.05) is 0 Å². The third-order valence-corrected chi connectivity index (χ3v) is 8.87. The molecule has 1 saturated heterocycles. The Bertz CT molecular complexity index is 1220. The zero-order valence-corrected chi connectivity index (χ0v) is 22.1. The van der Waals surface area contributed by atoms with E-state index >= 15 is 0 Å². The van der Waals surface area contributed by atoms with E-state index in [2.05, 4.69) is 74.4 Å². The van der Waals surface area contributed by atoms with E-state index in [1.165, 1.54) is 47.1 Å². The van der Waals surface area contributed by atoms with Gasteiger partial charge in [-0.2, -0.15) is 0 Å². The smallest absolute Gasteiger partial charge is 0.155 e. The van der Waals surface area contributed by atoms with Gasteiger partial charge in [0.2, 0.25) is 0 Å². The predicted octanol–water partition coefficient (Wildman–Crippen LogP) is 5.31. The number of ketones is 1. The highest BCUT2D eigenvalue weighted by molar-refractivity contribution is 5.93. The summed E-state index contributed by atoms with van der Waals surface area (Å²) in [7, 11) is 1.74. The minimum atomic E-state index is -0.0443. The molecule has 1 aliphatic carbocycles. The summed E-state index contributed by atoms with van der Waals surface area (Å²) >= 11 is 0. The minimum Gasteiger partial charge on any atom is -0.380 e. The first-order valence-corrected chi connectivity index (χ1v) is 14.2. The molecule has 3 aromatic rings. The van der Waals surface area contributed by atoms with Crippen LogP contribution in [0.5, 0.6) is 0 Å². The summed E-state index contributed by atoms with van der Waals surface area (Å²) in [5.74, 6) is 0.717. The lowest BCUT2D eigenvalue weighted by molar-refractivity contribution is -0.130. The maximum Gasteiger partial charge on any atom is 0.155 e. The molecule has 3 heterocycles. The van der Waals surface area contributed by atoms with Crippen LogP contribution in [-0.4, -0.2) is 60.6 Å². The van der Waals surface area contributed by atoms with E-state index in [4.69, 9.17) is 4.74 Å². The van der Waals surface area contributed by atoms with Crippen LogP contribution in [0.4, 0.5) is 11.4 Å². The normalized spacial score (nSPS) is 22.0. The first-order valence-electron chi connectivity index (χ1n) is 14.2. The van der Waals surface area contributed by atoms with Crippen LogP contribution < -0.4 is 10.2 Å². The summed E-state index contributed by atoms with van der Waals surface area (Å²) in [6.07, 6.45) is 9.99. The van der Waals surface area contributed by atoms with Gasteiger partial charge < -0.3 is 19.5 Å². The molecule has 3 aliphatic rings. The van der Waals surface area contributed by atoms with Crippen LogP contribution in [0.3, 0.4) is 0 Å². The Labute approximate surface area is 220 Å². The van der Waals surface area contributed by atoms with Gasteiger partial charge in [-0.25, -0.2) is 0 Å². The summed E-state index contributed by atoms with van der Waals surface area (Å²) in [6, 6.07) is 17.5. The highest BCUT2D eigenvalue weighted by Crippen LogP contribution is 2.34. The molecule has 1 saturated carbocycles. The molecule has 6 rings (SSSR count). The molecule has 0 spiro atoms. The summed E-state index contributed by atoms with van der Waals surface area (Å²) in [4.78, 5) is 19.1. The number of aromatic nitrogens is 1. The molecule has 0 bridgehead atoms. The number of ether oxygens (including phenoxy) is 1. The van der Waals surface area contributed by atoms with Crippen LogP contribution in [0, 0.1) is 5.92 Å². The van der Waals surface area contributed by atoms with Gasteiger partial charge in [0, 0.05) is 68.2 Å². The van der Waals surface area contributed by atoms with E-state index in [0.717, 1.165) is 51.9 Å². The molecular weight excluding hydrogens is 460 g/mol. The molecule has 196 valence electrons. The maximum atomic E-state index is 14.1. The van der Waals surface area contributed by atoms with Crippen molar-refractivity contribution in [2.45, 2.75) is 63.8 Å². The fourth-order valence-corrected chi connectivity index (χ4v) is 6.94. The van der Waals surface area contributed by atoms with Crippen LogP contribution >= 0.6 is 0 Å². The van der Waals surface area contributed by atoms with Gasteiger partial charge in [0.1, 0.15) is 6.73 Å². The SMILES string of the molecule is COCn1ccc2c(N3CCN(C(C(=O)C4CCCCC4)C4CCc5ccccc5N4)CC3)cccc21. The molecule has 0 amide bonds. The summed E-state index contributed by atoms with van der Waals surface area (Å²) in [6.45, 7) is 4.26. The Balaban J connectivity index is 1.22. The van der Waals surface area contributed by atoms with Gasteiger partial charge in [-0.1, -0.05) is 43.5 Å². The average Bonchev–Trinajstić information content (AvgIpc) is 3.37. The molecule has 6 nitrogen and oxygen atoms in total. The number of para-hydroxylation sites is 1. The van der Waals surface area contributed by atoms with Crippen LogP contribution in [-0.2, 0) is 22.7 Å². The third kappa shape index (κ3) is 4.89. The van der Waals surface area contributed by atoms with Crippen molar-refractivity contribution >= 4 is 28.1 Å². The lowest BCUT2D eigenvalue weighted by Gasteiger charge is -2.45. The van der Waals surface area contributed by atoms with Gasteiger partial charge in [-0.3, -0.25) is 9.69 Å². The highest BCUT2D eigenvalue weighted by atomic mass is 16.5. The van der Waals surface area contributed by atoms with Crippen molar-refractivity contribution in [3.8, 4) is 0 Å². The number of Topliss-reactive ketones (excluding diaryl/α,β-unsaturated/α-hetero) is 1. The Morgan fingerprint density at radius 2 is 1.78 bits per heavy atom. The lowest BCUT2D eigenvalue weighted by atomic mass is 9.80. The van der Waals surface area contributed by atoms with Crippen molar-refractivity contribution < 1.29 is 9.53 Å². The summed E-state index contributed by atoms with van der Waals surface area (Å²) in [5, 5.41) is 5.08. The molecule has 2 fully saturated rings. The number of rotatable bonds is 7. The second kappa shape index (κ2) is 10.9. The first kappa shape index (κ1) is 24.5. The molecule has 1 aromatic heterocycles. The number of nitrogens with zero attached hydrogens (tertiary/aromatic N) is 3. The minimum absolute atomic E-state index is 0.0443. The van der Waals surface area contributed by atoms with Crippen molar-refractivity contribution in [2.75, 3.05) is 43.5 Å². The molecule has 37 heavy (non-hydrogen) atoms. The second-order valence-corrected chi connectivity index (χ2v) is 11.1. The van der Waals surface area contributed by atoms with Gasteiger partial charge in [0.15, 0.2) is 5.78 Å². The highest BCUT2D eigenvalue weighted by Gasteiger charge is 2.40. The predicted molar refractivity (Wildman–Crippen MR) is 150 cm³/mol. The number of aryl methyl sites for hydroxylation is 1. The number of hydrogen-bond acceptors (Lipinski definition) is 5. The molecule has 2 aliphatic heterocycles. The molecule has 2 atom stereocenters. The monoisotopic (exact) mass is 500 g/mol. The summed E-state index contributed by atoms with van der Waals surface area (Å²) < 4.78 is 7.53. The maximum absolute atomic E-state index is 14.1. The third-order valence-electron chi connectivity index (χ3n) is 8.87. The van der Waals surface area contributed by atoms with Crippen LogP contribution in [0.25, 0.3) is 10.9 Å². The fraction of sp³-hybridized carbons (Fsp3) is 0.516. The number of carbonyl (C=O) groups is 1. The number of fused-ring (bicyclic) bond motifs is 2. The quantitative estimate of drug-likeness (QED) is 0.476. The molecular formula is C31H40N4O2. The molecule has 2 unspecified atom stereocenters. The number of carbonyl (C=O) groups excluding carboxylic acids is 1. The first-order chi connectivity index (χ1) is 18.2. The number of anilines is 2. The zero-order valence-electron chi connectivity index (χ0n) is 22.1. The van der Waals surface area contributed by atoms with Crippen LogP contribution in [0.15, 0.2) is 54.7 Å². The number of nitrogens with one attached hydrogen (secondary N) is 1. The van der Waals surface area contributed by atoms with Crippen molar-refractivity contribution in [1.82, 2.24) is 9.47 Å². The molecule has 0 radical (unpaired) electrons. The van der Waals surface area contributed by atoms with Gasteiger partial charge in [0.05, 0.1) is 11.6 Å². The Hall–Kier alpha value is -2.83. The second-order valence-electron chi connectivity index (χ2n) is 11.1. The molecule has 6 heteroatoms. The van der Waals surface area contributed by atoms with Crippen LogP contribution in [0.2, 0.25) is 0 Å².